The van der Waals surface area contributed by atoms with Crippen LogP contribution in [-0.2, 0) is 11.2 Å². The van der Waals surface area contributed by atoms with E-state index in [1.54, 1.807) is 6.20 Å². The van der Waals surface area contributed by atoms with Gasteiger partial charge in [0.1, 0.15) is 17.6 Å². The van der Waals surface area contributed by atoms with E-state index in [9.17, 15) is 4.79 Å². The van der Waals surface area contributed by atoms with E-state index < -0.39 is 0 Å². The van der Waals surface area contributed by atoms with Gasteiger partial charge in [-0.15, -0.1) is 10.2 Å². The molecule has 1 aliphatic heterocycles. The zero-order valence-electron chi connectivity index (χ0n) is 11.7. The van der Waals surface area contributed by atoms with Crippen LogP contribution < -0.4 is 5.32 Å². The molecule has 1 N–H and O–H groups in total. The highest BCUT2D eigenvalue weighted by Gasteiger charge is 2.33. The molecule has 6 nitrogen and oxygen atoms in total. The van der Waals surface area contributed by atoms with Gasteiger partial charge in [-0.2, -0.15) is 0 Å². The molecule has 1 amide bonds. The van der Waals surface area contributed by atoms with Crippen LogP contribution in [0.5, 0.6) is 0 Å². The second-order valence-electron chi connectivity index (χ2n) is 5.77. The summed E-state index contributed by atoms with van der Waals surface area (Å²) in [6.45, 7) is 0.797. The quantitative estimate of drug-likeness (QED) is 0.919. The molecule has 1 fully saturated rings. The molecule has 1 saturated carbocycles. The third-order valence-electron chi connectivity index (χ3n) is 4.18. The van der Waals surface area contributed by atoms with Gasteiger partial charge in [-0.3, -0.25) is 14.3 Å². The largest absolute Gasteiger partial charge is 0.354 e. The van der Waals surface area contributed by atoms with Crippen molar-refractivity contribution in [1.82, 2.24) is 25.1 Å². The summed E-state index contributed by atoms with van der Waals surface area (Å²) in [4.78, 5) is 16.7. The highest BCUT2D eigenvalue weighted by molar-refractivity contribution is 5.81. The van der Waals surface area contributed by atoms with Crippen molar-refractivity contribution in [3.8, 4) is 11.5 Å². The Morgan fingerprint density at radius 3 is 2.95 bits per heavy atom. The number of fused-ring (bicyclic) bond motifs is 1. The maximum absolute atomic E-state index is 12.4. The number of hydrogen-bond donors (Lipinski definition) is 1. The summed E-state index contributed by atoms with van der Waals surface area (Å²) in [6, 6.07) is 5.48. The Hall–Kier alpha value is -2.24. The van der Waals surface area contributed by atoms with Crippen molar-refractivity contribution in [2.45, 2.75) is 31.7 Å². The number of nitrogens with one attached hydrogen (secondary N) is 1. The monoisotopic (exact) mass is 283 g/mol. The molecule has 0 bridgehead atoms. The van der Waals surface area contributed by atoms with Gasteiger partial charge in [-0.25, -0.2) is 0 Å². The predicted octanol–water partition coefficient (Wildman–Crippen LogP) is 1.35. The van der Waals surface area contributed by atoms with Gasteiger partial charge in [-0.05, 0) is 37.3 Å². The molecule has 0 aromatic carbocycles. The molecule has 2 aromatic rings. The Kier molecular flexibility index (Phi) is 2.94. The Bertz CT molecular complexity index is 662. The van der Waals surface area contributed by atoms with E-state index in [1.807, 2.05) is 22.8 Å². The van der Waals surface area contributed by atoms with Gasteiger partial charge in [0.05, 0.1) is 0 Å². The van der Waals surface area contributed by atoms with Crippen molar-refractivity contribution >= 4 is 5.91 Å². The number of hydrogen-bond acceptors (Lipinski definition) is 4. The molecule has 108 valence electrons. The fourth-order valence-electron chi connectivity index (χ4n) is 2.82. The molecule has 6 heteroatoms. The van der Waals surface area contributed by atoms with Gasteiger partial charge in [0.2, 0.25) is 5.91 Å². The molecule has 21 heavy (non-hydrogen) atoms. The van der Waals surface area contributed by atoms with Crippen molar-refractivity contribution in [3.05, 3.63) is 30.2 Å². The van der Waals surface area contributed by atoms with Crippen LogP contribution >= 0.6 is 0 Å². The van der Waals surface area contributed by atoms with Gasteiger partial charge >= 0.3 is 0 Å². The molecule has 0 spiro atoms. The third kappa shape index (κ3) is 2.30. The van der Waals surface area contributed by atoms with E-state index >= 15 is 0 Å². The van der Waals surface area contributed by atoms with Crippen molar-refractivity contribution in [1.29, 1.82) is 0 Å². The normalized spacial score (nSPS) is 20.3. The summed E-state index contributed by atoms with van der Waals surface area (Å²) in [5.41, 5.74) is 0.762. The minimum atomic E-state index is -0.203. The standard InChI is InChI=1S/C15H17N5O/c21-15(17-9-10-4-5-10)12-6-7-13-18-19-14(20(12)13)11-3-1-2-8-16-11/h1-3,8,10,12H,4-7,9H2,(H,17,21). The summed E-state index contributed by atoms with van der Waals surface area (Å²) in [5.74, 6) is 2.33. The molecule has 1 aliphatic carbocycles. The van der Waals surface area contributed by atoms with Crippen molar-refractivity contribution < 1.29 is 4.79 Å². The molecule has 1 unspecified atom stereocenters. The molecule has 2 aromatic heterocycles. The van der Waals surface area contributed by atoms with E-state index in [2.05, 4.69) is 20.5 Å². The predicted molar refractivity (Wildman–Crippen MR) is 76.3 cm³/mol. The maximum atomic E-state index is 12.4. The average molecular weight is 283 g/mol. The first-order valence-electron chi connectivity index (χ1n) is 7.46. The number of carbonyl (C=O) groups is 1. The van der Waals surface area contributed by atoms with Crippen molar-refractivity contribution in [3.63, 3.8) is 0 Å². The zero-order chi connectivity index (χ0) is 14.2. The number of carbonyl (C=O) groups excluding carboxylic acids is 1. The number of amides is 1. The van der Waals surface area contributed by atoms with E-state index in [4.69, 9.17) is 0 Å². The molecule has 0 radical (unpaired) electrons. The van der Waals surface area contributed by atoms with Crippen LogP contribution in [0, 0.1) is 5.92 Å². The molecular weight excluding hydrogens is 266 g/mol. The highest BCUT2D eigenvalue weighted by Crippen LogP contribution is 2.31. The summed E-state index contributed by atoms with van der Waals surface area (Å²) in [7, 11) is 0. The van der Waals surface area contributed by atoms with Gasteiger partial charge in [0.15, 0.2) is 5.82 Å². The average Bonchev–Trinajstić information content (AvgIpc) is 3.10. The molecule has 1 atom stereocenters. The molecular formula is C15H17N5O. The fraction of sp³-hybridized carbons (Fsp3) is 0.467. The lowest BCUT2D eigenvalue weighted by molar-refractivity contribution is -0.124. The fourth-order valence-corrected chi connectivity index (χ4v) is 2.82. The van der Waals surface area contributed by atoms with E-state index in [0.29, 0.717) is 11.7 Å². The number of rotatable bonds is 4. The van der Waals surface area contributed by atoms with Gasteiger partial charge < -0.3 is 5.32 Å². The maximum Gasteiger partial charge on any atom is 0.243 e. The number of aryl methyl sites for hydroxylation is 1. The van der Waals surface area contributed by atoms with Gasteiger partial charge in [0, 0.05) is 19.2 Å². The number of aromatic nitrogens is 4. The molecule has 2 aliphatic rings. The number of pyridine rings is 1. The van der Waals surface area contributed by atoms with Gasteiger partial charge in [0.25, 0.3) is 0 Å². The van der Waals surface area contributed by atoms with Crippen LogP contribution in [-0.4, -0.2) is 32.2 Å². The third-order valence-corrected chi connectivity index (χ3v) is 4.18. The molecule has 3 heterocycles. The minimum Gasteiger partial charge on any atom is -0.354 e. The second kappa shape index (κ2) is 4.95. The molecule has 0 saturated heterocycles. The SMILES string of the molecule is O=C(NCC1CC1)C1CCc2nnc(-c3ccccn3)n21. The highest BCUT2D eigenvalue weighted by atomic mass is 16.2. The van der Waals surface area contributed by atoms with Crippen molar-refractivity contribution in [2.75, 3.05) is 6.54 Å². The first-order chi connectivity index (χ1) is 10.3. The summed E-state index contributed by atoms with van der Waals surface area (Å²) >= 11 is 0. The van der Waals surface area contributed by atoms with E-state index in [-0.39, 0.29) is 11.9 Å². The lowest BCUT2D eigenvalue weighted by Crippen LogP contribution is -2.32. The van der Waals surface area contributed by atoms with Crippen LogP contribution in [0.2, 0.25) is 0 Å². The van der Waals surface area contributed by atoms with Crippen molar-refractivity contribution in [2.24, 2.45) is 5.92 Å². The molecule has 4 rings (SSSR count). The summed E-state index contributed by atoms with van der Waals surface area (Å²) in [6.07, 6.45) is 5.79. The van der Waals surface area contributed by atoms with Crippen LogP contribution in [0.25, 0.3) is 11.5 Å². The minimum absolute atomic E-state index is 0.0811. The first-order valence-corrected chi connectivity index (χ1v) is 7.46. The van der Waals surface area contributed by atoms with Crippen LogP contribution in [0.15, 0.2) is 24.4 Å². The van der Waals surface area contributed by atoms with E-state index in [1.165, 1.54) is 12.8 Å². The lowest BCUT2D eigenvalue weighted by atomic mass is 10.2. The van der Waals surface area contributed by atoms with Gasteiger partial charge in [-0.1, -0.05) is 6.07 Å². The Balaban J connectivity index is 1.61. The summed E-state index contributed by atoms with van der Waals surface area (Å²) < 4.78 is 1.95. The number of nitrogens with zero attached hydrogens (tertiary/aromatic N) is 4. The summed E-state index contributed by atoms with van der Waals surface area (Å²) in [5, 5.41) is 11.5. The Morgan fingerprint density at radius 1 is 1.29 bits per heavy atom. The lowest BCUT2D eigenvalue weighted by Gasteiger charge is -2.14. The zero-order valence-corrected chi connectivity index (χ0v) is 11.7. The van der Waals surface area contributed by atoms with E-state index in [0.717, 1.165) is 30.9 Å². The first kappa shape index (κ1) is 12.5. The van der Waals surface area contributed by atoms with Crippen LogP contribution in [0.1, 0.15) is 31.1 Å². The Labute approximate surface area is 122 Å². The van der Waals surface area contributed by atoms with Crippen LogP contribution in [0.3, 0.4) is 0 Å². The Morgan fingerprint density at radius 2 is 2.19 bits per heavy atom. The smallest absolute Gasteiger partial charge is 0.243 e. The second-order valence-corrected chi connectivity index (χ2v) is 5.77. The topological polar surface area (TPSA) is 72.7 Å². The van der Waals surface area contributed by atoms with Crippen LogP contribution in [0.4, 0.5) is 0 Å².